The molecule has 0 amide bonds. The van der Waals surface area contributed by atoms with Gasteiger partial charge in [-0.3, -0.25) is 0 Å². The average molecular weight is 257 g/mol. The third-order valence-corrected chi connectivity index (χ3v) is 2.53. The van der Waals surface area contributed by atoms with E-state index in [1.54, 1.807) is 26.0 Å². The minimum absolute atomic E-state index is 0.169. The first-order valence-electron chi connectivity index (χ1n) is 5.59. The topological polar surface area (TPSA) is 35.5 Å². The van der Waals surface area contributed by atoms with Gasteiger partial charge in [0.1, 0.15) is 11.3 Å². The van der Waals surface area contributed by atoms with E-state index in [9.17, 15) is 4.79 Å². The van der Waals surface area contributed by atoms with E-state index in [1.807, 2.05) is 13.8 Å². The molecule has 1 aromatic carbocycles. The zero-order chi connectivity index (χ0) is 13.0. The maximum absolute atomic E-state index is 11.9. The molecule has 0 atom stereocenters. The van der Waals surface area contributed by atoms with Crippen molar-refractivity contribution >= 4 is 17.6 Å². The molecule has 0 unspecified atom stereocenters. The van der Waals surface area contributed by atoms with Gasteiger partial charge in [0.05, 0.1) is 12.7 Å². The van der Waals surface area contributed by atoms with Gasteiger partial charge in [0, 0.05) is 5.02 Å². The second kappa shape index (κ2) is 5.92. The summed E-state index contributed by atoms with van der Waals surface area (Å²) in [6.07, 6.45) is -0.169. The molecule has 4 heteroatoms. The van der Waals surface area contributed by atoms with Crippen molar-refractivity contribution in [3.63, 3.8) is 0 Å². The smallest absolute Gasteiger partial charge is 0.342 e. The summed E-state index contributed by atoms with van der Waals surface area (Å²) >= 11 is 6.00. The minimum atomic E-state index is -0.412. The molecule has 0 aliphatic carbocycles. The Hall–Kier alpha value is -1.22. The van der Waals surface area contributed by atoms with E-state index >= 15 is 0 Å². The fourth-order valence-electron chi connectivity index (χ4n) is 1.37. The van der Waals surface area contributed by atoms with Crippen molar-refractivity contribution in [1.29, 1.82) is 0 Å². The highest BCUT2D eigenvalue weighted by atomic mass is 35.5. The Morgan fingerprint density at radius 3 is 2.59 bits per heavy atom. The Balaban J connectivity index is 3.11. The van der Waals surface area contributed by atoms with Crippen molar-refractivity contribution < 1.29 is 14.3 Å². The molecular formula is C13H17ClO3. The lowest BCUT2D eigenvalue weighted by molar-refractivity contribution is 0.0373. The summed E-state index contributed by atoms with van der Waals surface area (Å²) in [6, 6.07) is 3.34. The van der Waals surface area contributed by atoms with E-state index in [0.29, 0.717) is 22.9 Å². The van der Waals surface area contributed by atoms with Crippen LogP contribution < -0.4 is 4.74 Å². The Bertz CT molecular complexity index is 413. The minimum Gasteiger partial charge on any atom is -0.493 e. The molecule has 1 rings (SSSR count). The van der Waals surface area contributed by atoms with Gasteiger partial charge in [-0.25, -0.2) is 4.79 Å². The molecule has 0 saturated heterocycles. The van der Waals surface area contributed by atoms with Gasteiger partial charge in [-0.15, -0.1) is 0 Å². The number of aryl methyl sites for hydroxylation is 1. The van der Waals surface area contributed by atoms with E-state index in [2.05, 4.69) is 0 Å². The van der Waals surface area contributed by atoms with Gasteiger partial charge in [0.25, 0.3) is 0 Å². The molecule has 0 aromatic heterocycles. The van der Waals surface area contributed by atoms with Gasteiger partial charge in [0.15, 0.2) is 0 Å². The van der Waals surface area contributed by atoms with Crippen molar-refractivity contribution in [2.45, 2.75) is 33.8 Å². The number of hydrogen-bond donors (Lipinski definition) is 0. The zero-order valence-electron chi connectivity index (χ0n) is 10.5. The summed E-state index contributed by atoms with van der Waals surface area (Å²) in [5.74, 6) is 0.102. The lowest BCUT2D eigenvalue weighted by atomic mass is 10.1. The largest absolute Gasteiger partial charge is 0.493 e. The van der Waals surface area contributed by atoms with Gasteiger partial charge in [-0.2, -0.15) is 0 Å². The molecule has 0 aliphatic heterocycles. The van der Waals surface area contributed by atoms with E-state index in [4.69, 9.17) is 21.1 Å². The van der Waals surface area contributed by atoms with E-state index in [0.717, 1.165) is 5.56 Å². The number of esters is 1. The number of carbonyl (C=O) groups is 1. The molecule has 0 saturated carbocycles. The van der Waals surface area contributed by atoms with Gasteiger partial charge in [-0.1, -0.05) is 11.6 Å². The first-order valence-corrected chi connectivity index (χ1v) is 5.97. The van der Waals surface area contributed by atoms with Crippen LogP contribution in [0.1, 0.15) is 36.7 Å². The summed E-state index contributed by atoms with van der Waals surface area (Å²) in [5, 5.41) is 0.532. The van der Waals surface area contributed by atoms with Crippen molar-refractivity contribution in [1.82, 2.24) is 0 Å². The molecule has 3 nitrogen and oxygen atoms in total. The molecule has 0 radical (unpaired) electrons. The van der Waals surface area contributed by atoms with Gasteiger partial charge >= 0.3 is 5.97 Å². The van der Waals surface area contributed by atoms with Crippen LogP contribution in [0.4, 0.5) is 0 Å². The number of rotatable bonds is 4. The number of benzene rings is 1. The van der Waals surface area contributed by atoms with E-state index < -0.39 is 5.97 Å². The second-order valence-electron chi connectivity index (χ2n) is 3.98. The summed E-state index contributed by atoms with van der Waals surface area (Å²) < 4.78 is 10.6. The molecule has 0 heterocycles. The molecule has 0 bridgehead atoms. The highest BCUT2D eigenvalue weighted by Crippen LogP contribution is 2.27. The monoisotopic (exact) mass is 256 g/mol. The standard InChI is InChI=1S/C13H17ClO3/c1-5-16-12-6-9(4)11(14)7-10(12)13(15)17-8(2)3/h6-8H,5H2,1-4H3. The first-order chi connectivity index (χ1) is 7.95. The Morgan fingerprint density at radius 1 is 1.41 bits per heavy atom. The maximum Gasteiger partial charge on any atom is 0.342 e. The third kappa shape index (κ3) is 3.63. The fourth-order valence-corrected chi connectivity index (χ4v) is 1.53. The highest BCUT2D eigenvalue weighted by molar-refractivity contribution is 6.31. The van der Waals surface area contributed by atoms with Gasteiger partial charge in [0.2, 0.25) is 0 Å². The molecule has 1 aromatic rings. The predicted octanol–water partition coefficient (Wildman–Crippen LogP) is 3.61. The Kier molecular flexibility index (Phi) is 4.82. The molecular weight excluding hydrogens is 240 g/mol. The third-order valence-electron chi connectivity index (χ3n) is 2.12. The molecule has 17 heavy (non-hydrogen) atoms. The lowest BCUT2D eigenvalue weighted by Gasteiger charge is -2.13. The quantitative estimate of drug-likeness (QED) is 0.772. The van der Waals surface area contributed by atoms with Crippen LogP contribution in [0.5, 0.6) is 5.75 Å². The van der Waals surface area contributed by atoms with Crippen LogP contribution >= 0.6 is 11.6 Å². The SMILES string of the molecule is CCOc1cc(C)c(Cl)cc1C(=O)OC(C)C. The van der Waals surface area contributed by atoms with Crippen molar-refractivity contribution in [3.05, 3.63) is 28.3 Å². The highest BCUT2D eigenvalue weighted by Gasteiger charge is 2.17. The molecule has 0 fully saturated rings. The normalized spacial score (nSPS) is 10.5. The van der Waals surface area contributed by atoms with Crippen LogP contribution in [-0.2, 0) is 4.74 Å². The number of ether oxygens (including phenoxy) is 2. The van der Waals surface area contributed by atoms with Crippen LogP contribution in [0.25, 0.3) is 0 Å². The van der Waals surface area contributed by atoms with Crippen LogP contribution in [0.3, 0.4) is 0 Å². The summed E-state index contributed by atoms with van der Waals surface area (Å²) in [7, 11) is 0. The Labute approximate surface area is 107 Å². The fraction of sp³-hybridized carbons (Fsp3) is 0.462. The molecule has 0 aliphatic rings. The first kappa shape index (κ1) is 13.8. The van der Waals surface area contributed by atoms with Crippen molar-refractivity contribution in [3.8, 4) is 5.75 Å². The average Bonchev–Trinajstić information content (AvgIpc) is 2.22. The van der Waals surface area contributed by atoms with Crippen LogP contribution in [0.2, 0.25) is 5.02 Å². The van der Waals surface area contributed by atoms with Crippen LogP contribution in [-0.4, -0.2) is 18.7 Å². The lowest BCUT2D eigenvalue weighted by Crippen LogP contribution is -2.13. The van der Waals surface area contributed by atoms with Crippen LogP contribution in [0, 0.1) is 6.92 Å². The number of hydrogen-bond acceptors (Lipinski definition) is 3. The maximum atomic E-state index is 11.9. The van der Waals surface area contributed by atoms with Crippen molar-refractivity contribution in [2.24, 2.45) is 0 Å². The zero-order valence-corrected chi connectivity index (χ0v) is 11.3. The van der Waals surface area contributed by atoms with Crippen LogP contribution in [0.15, 0.2) is 12.1 Å². The molecule has 94 valence electrons. The molecule has 0 N–H and O–H groups in total. The predicted molar refractivity (Wildman–Crippen MR) is 67.9 cm³/mol. The Morgan fingerprint density at radius 2 is 2.06 bits per heavy atom. The summed E-state index contributed by atoms with van der Waals surface area (Å²) in [4.78, 5) is 11.9. The van der Waals surface area contributed by atoms with Gasteiger partial charge in [-0.05, 0) is 45.4 Å². The van der Waals surface area contributed by atoms with Gasteiger partial charge < -0.3 is 9.47 Å². The van der Waals surface area contributed by atoms with E-state index in [-0.39, 0.29) is 6.10 Å². The summed E-state index contributed by atoms with van der Waals surface area (Å²) in [6.45, 7) is 7.81. The van der Waals surface area contributed by atoms with Crippen molar-refractivity contribution in [2.75, 3.05) is 6.61 Å². The number of carbonyl (C=O) groups excluding carboxylic acids is 1. The number of halogens is 1. The summed E-state index contributed by atoms with van der Waals surface area (Å²) in [5.41, 5.74) is 1.24. The molecule has 0 spiro atoms. The second-order valence-corrected chi connectivity index (χ2v) is 4.39. The van der Waals surface area contributed by atoms with E-state index in [1.165, 1.54) is 0 Å².